The van der Waals surface area contributed by atoms with Crippen molar-refractivity contribution in [1.29, 1.82) is 0 Å². The maximum absolute atomic E-state index is 11.9. The Labute approximate surface area is 93.3 Å². The molecule has 6 heteroatoms. The molecule has 0 atom stereocenters. The Morgan fingerprint density at radius 1 is 1.19 bits per heavy atom. The van der Waals surface area contributed by atoms with Crippen LogP contribution in [0.25, 0.3) is 0 Å². The maximum Gasteiger partial charge on any atom is 0.324 e. The summed E-state index contributed by atoms with van der Waals surface area (Å²) in [4.78, 5) is 10.8. The van der Waals surface area contributed by atoms with Gasteiger partial charge in [-0.2, -0.15) is 0 Å². The SMILES string of the molecule is CC(C)(C(=O)O)S(=O)(=O)c1ccc(O)cc1. The van der Waals surface area contributed by atoms with E-state index < -0.39 is 20.6 Å². The van der Waals surface area contributed by atoms with Crippen LogP contribution < -0.4 is 0 Å². The van der Waals surface area contributed by atoms with E-state index in [0.717, 1.165) is 13.8 Å². The number of carboxylic acid groups (broad SMARTS) is 1. The molecule has 1 rings (SSSR count). The minimum atomic E-state index is -3.97. The van der Waals surface area contributed by atoms with Gasteiger partial charge in [0.15, 0.2) is 14.6 Å². The molecule has 0 heterocycles. The number of rotatable bonds is 3. The molecule has 1 aromatic rings. The minimum Gasteiger partial charge on any atom is -0.508 e. The van der Waals surface area contributed by atoms with Crippen LogP contribution in [0.2, 0.25) is 0 Å². The standard InChI is InChI=1S/C10H12O5S/c1-10(2,9(12)13)16(14,15)8-5-3-7(11)4-6-8/h3-6,11H,1-2H3,(H,12,13). The minimum absolute atomic E-state index is 0.0768. The summed E-state index contributed by atoms with van der Waals surface area (Å²) in [7, 11) is -3.97. The van der Waals surface area contributed by atoms with Gasteiger partial charge in [0.05, 0.1) is 4.90 Å². The lowest BCUT2D eigenvalue weighted by molar-refractivity contribution is -0.139. The number of aromatic hydroxyl groups is 1. The van der Waals surface area contributed by atoms with Crippen molar-refractivity contribution in [1.82, 2.24) is 0 Å². The number of carbonyl (C=O) groups is 1. The molecule has 0 aliphatic heterocycles. The first-order valence-corrected chi connectivity index (χ1v) is 5.95. The van der Waals surface area contributed by atoms with E-state index in [1.807, 2.05) is 0 Å². The quantitative estimate of drug-likeness (QED) is 0.828. The molecule has 0 bridgehead atoms. The third-order valence-electron chi connectivity index (χ3n) is 2.33. The molecule has 0 saturated heterocycles. The second-order valence-corrected chi connectivity index (χ2v) is 6.31. The zero-order valence-electron chi connectivity index (χ0n) is 8.84. The number of benzene rings is 1. The molecule has 5 nitrogen and oxygen atoms in total. The summed E-state index contributed by atoms with van der Waals surface area (Å²) < 4.78 is 22.0. The fourth-order valence-corrected chi connectivity index (χ4v) is 2.35. The van der Waals surface area contributed by atoms with E-state index in [1.54, 1.807) is 0 Å². The Morgan fingerprint density at radius 2 is 1.62 bits per heavy atom. The van der Waals surface area contributed by atoms with Crippen molar-refractivity contribution in [2.24, 2.45) is 0 Å². The number of phenolic OH excluding ortho intramolecular Hbond substituents is 1. The van der Waals surface area contributed by atoms with Gasteiger partial charge in [0, 0.05) is 0 Å². The maximum atomic E-state index is 11.9. The van der Waals surface area contributed by atoms with Crippen molar-refractivity contribution in [2.45, 2.75) is 23.5 Å². The van der Waals surface area contributed by atoms with Gasteiger partial charge in [0.1, 0.15) is 5.75 Å². The van der Waals surface area contributed by atoms with Crippen LogP contribution in [0.4, 0.5) is 0 Å². The van der Waals surface area contributed by atoms with Crippen LogP contribution in [0, 0.1) is 0 Å². The van der Waals surface area contributed by atoms with E-state index >= 15 is 0 Å². The van der Waals surface area contributed by atoms with Gasteiger partial charge in [-0.1, -0.05) is 0 Å². The van der Waals surface area contributed by atoms with E-state index in [-0.39, 0.29) is 10.6 Å². The molecular formula is C10H12O5S. The van der Waals surface area contributed by atoms with Gasteiger partial charge in [0.25, 0.3) is 0 Å². The molecule has 0 unspecified atom stereocenters. The number of hydrogen-bond donors (Lipinski definition) is 2. The summed E-state index contributed by atoms with van der Waals surface area (Å²) in [5.41, 5.74) is 0. The van der Waals surface area contributed by atoms with Crippen molar-refractivity contribution < 1.29 is 23.4 Å². The fraction of sp³-hybridized carbons (Fsp3) is 0.300. The second-order valence-electron chi connectivity index (χ2n) is 3.81. The van der Waals surface area contributed by atoms with Crippen molar-refractivity contribution in [2.75, 3.05) is 0 Å². The molecule has 16 heavy (non-hydrogen) atoms. The van der Waals surface area contributed by atoms with Crippen LogP contribution in [-0.4, -0.2) is 29.3 Å². The first-order valence-electron chi connectivity index (χ1n) is 4.46. The summed E-state index contributed by atoms with van der Waals surface area (Å²) in [6.45, 7) is 2.25. The van der Waals surface area contributed by atoms with Gasteiger partial charge in [-0.05, 0) is 38.1 Å². The van der Waals surface area contributed by atoms with Crippen LogP contribution in [-0.2, 0) is 14.6 Å². The molecule has 0 aliphatic rings. The zero-order valence-corrected chi connectivity index (χ0v) is 9.65. The number of sulfone groups is 1. The lowest BCUT2D eigenvalue weighted by Crippen LogP contribution is -2.40. The molecule has 0 radical (unpaired) electrons. The van der Waals surface area contributed by atoms with E-state index in [4.69, 9.17) is 10.2 Å². The Balaban J connectivity index is 3.33. The van der Waals surface area contributed by atoms with Crippen LogP contribution in [0.3, 0.4) is 0 Å². The lowest BCUT2D eigenvalue weighted by Gasteiger charge is -2.19. The monoisotopic (exact) mass is 244 g/mol. The van der Waals surface area contributed by atoms with Gasteiger partial charge >= 0.3 is 5.97 Å². The first-order chi connectivity index (χ1) is 7.19. The zero-order chi connectivity index (χ0) is 12.6. The smallest absolute Gasteiger partial charge is 0.324 e. The van der Waals surface area contributed by atoms with Crippen molar-refractivity contribution in [3.63, 3.8) is 0 Å². The molecule has 2 N–H and O–H groups in total. The second kappa shape index (κ2) is 3.79. The number of aliphatic carboxylic acids is 1. The number of phenols is 1. The van der Waals surface area contributed by atoms with Crippen LogP contribution in [0.5, 0.6) is 5.75 Å². The molecule has 0 amide bonds. The largest absolute Gasteiger partial charge is 0.508 e. The van der Waals surface area contributed by atoms with Gasteiger partial charge in [-0.15, -0.1) is 0 Å². The fourth-order valence-electron chi connectivity index (χ4n) is 1.03. The van der Waals surface area contributed by atoms with Crippen LogP contribution in [0.1, 0.15) is 13.8 Å². The van der Waals surface area contributed by atoms with E-state index in [2.05, 4.69) is 0 Å². The Bertz CT molecular complexity index is 499. The first kappa shape index (κ1) is 12.5. The lowest BCUT2D eigenvalue weighted by atomic mass is 10.2. The topological polar surface area (TPSA) is 91.7 Å². The molecule has 0 saturated carbocycles. The third-order valence-corrected chi connectivity index (χ3v) is 4.74. The Hall–Kier alpha value is -1.56. The van der Waals surface area contributed by atoms with Gasteiger partial charge < -0.3 is 10.2 Å². The average molecular weight is 244 g/mol. The summed E-state index contributed by atoms with van der Waals surface area (Å²) in [5.74, 6) is -1.49. The van der Waals surface area contributed by atoms with Gasteiger partial charge in [-0.3, -0.25) is 4.79 Å². The highest BCUT2D eigenvalue weighted by atomic mass is 32.2. The van der Waals surface area contributed by atoms with Crippen molar-refractivity contribution in [3.05, 3.63) is 24.3 Å². The number of hydrogen-bond acceptors (Lipinski definition) is 4. The predicted octanol–water partition coefficient (Wildman–Crippen LogP) is 1.03. The Morgan fingerprint density at radius 3 is 2.00 bits per heavy atom. The summed E-state index contributed by atoms with van der Waals surface area (Å²) in [6.07, 6.45) is 0. The van der Waals surface area contributed by atoms with Crippen LogP contribution in [0.15, 0.2) is 29.2 Å². The predicted molar refractivity (Wildman–Crippen MR) is 57.0 cm³/mol. The third kappa shape index (κ3) is 1.88. The van der Waals surface area contributed by atoms with Crippen molar-refractivity contribution >= 4 is 15.8 Å². The van der Waals surface area contributed by atoms with E-state index in [9.17, 15) is 13.2 Å². The summed E-state index contributed by atoms with van der Waals surface area (Å²) in [6, 6.07) is 4.75. The molecule has 88 valence electrons. The molecule has 1 aromatic carbocycles. The van der Waals surface area contributed by atoms with Gasteiger partial charge in [0.2, 0.25) is 0 Å². The Kier molecular flexibility index (Phi) is 2.96. The molecule has 0 spiro atoms. The summed E-state index contributed by atoms with van der Waals surface area (Å²) >= 11 is 0. The molecule has 0 fully saturated rings. The average Bonchev–Trinajstić information content (AvgIpc) is 2.17. The highest BCUT2D eigenvalue weighted by molar-refractivity contribution is 7.93. The molecular weight excluding hydrogens is 232 g/mol. The molecule has 0 aliphatic carbocycles. The highest BCUT2D eigenvalue weighted by Gasteiger charge is 2.42. The highest BCUT2D eigenvalue weighted by Crippen LogP contribution is 2.26. The summed E-state index contributed by atoms with van der Waals surface area (Å²) in [5, 5.41) is 17.9. The van der Waals surface area contributed by atoms with Crippen LogP contribution >= 0.6 is 0 Å². The van der Waals surface area contributed by atoms with Gasteiger partial charge in [-0.25, -0.2) is 8.42 Å². The number of carboxylic acids is 1. The molecule has 0 aromatic heterocycles. The van der Waals surface area contributed by atoms with E-state index in [0.29, 0.717) is 0 Å². The van der Waals surface area contributed by atoms with Crippen molar-refractivity contribution in [3.8, 4) is 5.75 Å². The van der Waals surface area contributed by atoms with E-state index in [1.165, 1.54) is 24.3 Å². The normalized spacial score (nSPS) is 12.4.